The lowest BCUT2D eigenvalue weighted by atomic mass is 10.0. The van der Waals surface area contributed by atoms with Crippen molar-refractivity contribution in [3.63, 3.8) is 0 Å². The van der Waals surface area contributed by atoms with Gasteiger partial charge in [-0.1, -0.05) is 18.5 Å². The standard InChI is InChI=1S/C14H22ClNO2/c1-4-10-9-11(7-5-6-8-16)14(18-3)12(15)13(10)17-2/h9H,4-8,16H2,1-3H3. The van der Waals surface area contributed by atoms with Crippen LogP contribution in [-0.2, 0) is 12.8 Å². The van der Waals surface area contributed by atoms with Crippen LogP contribution >= 0.6 is 11.6 Å². The van der Waals surface area contributed by atoms with Gasteiger partial charge in [-0.3, -0.25) is 0 Å². The summed E-state index contributed by atoms with van der Waals surface area (Å²) in [6.07, 6.45) is 3.86. The van der Waals surface area contributed by atoms with E-state index in [1.54, 1.807) is 14.2 Å². The second-order valence-electron chi connectivity index (χ2n) is 4.17. The Morgan fingerprint density at radius 1 is 1.11 bits per heavy atom. The molecular weight excluding hydrogens is 250 g/mol. The first-order chi connectivity index (χ1) is 8.69. The van der Waals surface area contributed by atoms with Gasteiger partial charge in [-0.15, -0.1) is 0 Å². The molecule has 0 spiro atoms. The fourth-order valence-corrected chi connectivity index (χ4v) is 2.47. The number of unbranched alkanes of at least 4 members (excludes halogenated alkanes) is 1. The molecule has 0 aliphatic rings. The van der Waals surface area contributed by atoms with E-state index in [-0.39, 0.29) is 0 Å². The molecule has 0 aliphatic carbocycles. The summed E-state index contributed by atoms with van der Waals surface area (Å²) in [4.78, 5) is 0. The largest absolute Gasteiger partial charge is 0.495 e. The van der Waals surface area contributed by atoms with E-state index in [1.165, 1.54) is 0 Å². The van der Waals surface area contributed by atoms with Crippen molar-refractivity contribution in [1.29, 1.82) is 0 Å². The first kappa shape index (κ1) is 15.1. The fourth-order valence-electron chi connectivity index (χ4n) is 2.08. The highest BCUT2D eigenvalue weighted by Crippen LogP contribution is 2.40. The first-order valence-corrected chi connectivity index (χ1v) is 6.69. The first-order valence-electron chi connectivity index (χ1n) is 6.31. The predicted octanol–water partition coefficient (Wildman–Crippen LogP) is 3.20. The fraction of sp³-hybridized carbons (Fsp3) is 0.571. The molecule has 0 bridgehead atoms. The summed E-state index contributed by atoms with van der Waals surface area (Å²) in [5, 5.41) is 0.571. The van der Waals surface area contributed by atoms with E-state index in [1.807, 2.05) is 0 Å². The lowest BCUT2D eigenvalue weighted by molar-refractivity contribution is 0.388. The molecule has 1 rings (SSSR count). The molecule has 0 fully saturated rings. The Hall–Kier alpha value is -0.930. The molecule has 3 nitrogen and oxygen atoms in total. The Morgan fingerprint density at radius 2 is 1.72 bits per heavy atom. The van der Waals surface area contributed by atoms with E-state index in [0.717, 1.165) is 48.3 Å². The molecule has 0 atom stereocenters. The topological polar surface area (TPSA) is 44.5 Å². The van der Waals surface area contributed by atoms with Crippen LogP contribution in [0.2, 0.25) is 5.02 Å². The number of halogens is 1. The van der Waals surface area contributed by atoms with Crippen molar-refractivity contribution in [3.05, 3.63) is 22.2 Å². The summed E-state index contributed by atoms with van der Waals surface area (Å²) < 4.78 is 10.8. The Bertz CT molecular complexity index is 394. The normalized spacial score (nSPS) is 10.5. The number of methoxy groups -OCH3 is 2. The van der Waals surface area contributed by atoms with E-state index >= 15 is 0 Å². The minimum absolute atomic E-state index is 0.571. The molecule has 0 aliphatic heterocycles. The second-order valence-corrected chi connectivity index (χ2v) is 4.55. The van der Waals surface area contributed by atoms with E-state index in [2.05, 4.69) is 13.0 Å². The van der Waals surface area contributed by atoms with Crippen LogP contribution in [0.5, 0.6) is 11.5 Å². The summed E-state index contributed by atoms with van der Waals surface area (Å²) in [6.45, 7) is 2.80. The van der Waals surface area contributed by atoms with Gasteiger partial charge in [-0.25, -0.2) is 0 Å². The predicted molar refractivity (Wildman–Crippen MR) is 75.9 cm³/mol. The van der Waals surface area contributed by atoms with Crippen LogP contribution < -0.4 is 15.2 Å². The number of rotatable bonds is 7. The molecule has 18 heavy (non-hydrogen) atoms. The third kappa shape index (κ3) is 3.30. The number of ether oxygens (including phenoxy) is 2. The average molecular weight is 272 g/mol. The molecule has 1 aromatic carbocycles. The average Bonchev–Trinajstić information content (AvgIpc) is 2.38. The van der Waals surface area contributed by atoms with Gasteiger partial charge in [-0.05, 0) is 49.4 Å². The Morgan fingerprint density at radius 3 is 2.22 bits per heavy atom. The highest BCUT2D eigenvalue weighted by atomic mass is 35.5. The van der Waals surface area contributed by atoms with Crippen LogP contribution in [0.4, 0.5) is 0 Å². The van der Waals surface area contributed by atoms with E-state index in [9.17, 15) is 0 Å². The van der Waals surface area contributed by atoms with Crippen molar-refractivity contribution >= 4 is 11.6 Å². The van der Waals surface area contributed by atoms with E-state index in [0.29, 0.717) is 11.6 Å². The van der Waals surface area contributed by atoms with Crippen LogP contribution in [0.15, 0.2) is 6.07 Å². The monoisotopic (exact) mass is 271 g/mol. The number of nitrogens with two attached hydrogens (primary N) is 1. The quantitative estimate of drug-likeness (QED) is 0.775. The highest BCUT2D eigenvalue weighted by molar-refractivity contribution is 6.33. The van der Waals surface area contributed by atoms with Crippen molar-refractivity contribution in [3.8, 4) is 11.5 Å². The highest BCUT2D eigenvalue weighted by Gasteiger charge is 2.17. The van der Waals surface area contributed by atoms with Crippen molar-refractivity contribution < 1.29 is 9.47 Å². The third-order valence-corrected chi connectivity index (χ3v) is 3.36. The molecule has 0 unspecified atom stereocenters. The smallest absolute Gasteiger partial charge is 0.144 e. The SMILES string of the molecule is CCc1cc(CCCCN)c(OC)c(Cl)c1OC. The molecule has 0 aromatic heterocycles. The van der Waals surface area contributed by atoms with Gasteiger partial charge in [0.15, 0.2) is 0 Å². The molecule has 4 heteroatoms. The van der Waals surface area contributed by atoms with Crippen molar-refractivity contribution in [2.45, 2.75) is 32.6 Å². The number of hydrogen-bond donors (Lipinski definition) is 1. The minimum atomic E-state index is 0.571. The molecule has 0 heterocycles. The van der Waals surface area contributed by atoms with Crippen LogP contribution in [0, 0.1) is 0 Å². The summed E-state index contributed by atoms with van der Waals surface area (Å²) in [6, 6.07) is 2.13. The van der Waals surface area contributed by atoms with Crippen LogP contribution in [-0.4, -0.2) is 20.8 Å². The summed E-state index contributed by atoms with van der Waals surface area (Å²) in [7, 11) is 3.27. The van der Waals surface area contributed by atoms with Crippen LogP contribution in [0.1, 0.15) is 30.9 Å². The lowest BCUT2D eigenvalue weighted by Gasteiger charge is -2.16. The minimum Gasteiger partial charge on any atom is -0.495 e. The Balaban J connectivity index is 3.11. The zero-order chi connectivity index (χ0) is 13.5. The second kappa shape index (κ2) is 7.49. The summed E-state index contributed by atoms with van der Waals surface area (Å²) in [5.41, 5.74) is 7.77. The van der Waals surface area contributed by atoms with Gasteiger partial charge in [0.05, 0.1) is 14.2 Å². The third-order valence-electron chi connectivity index (χ3n) is 3.02. The molecular formula is C14H22ClNO2. The Kier molecular flexibility index (Phi) is 6.30. The van der Waals surface area contributed by atoms with Crippen molar-refractivity contribution in [2.75, 3.05) is 20.8 Å². The summed E-state index contributed by atoms with van der Waals surface area (Å²) in [5.74, 6) is 1.45. The molecule has 0 saturated heterocycles. The zero-order valence-electron chi connectivity index (χ0n) is 11.4. The maximum Gasteiger partial charge on any atom is 0.144 e. The van der Waals surface area contributed by atoms with Crippen molar-refractivity contribution in [1.82, 2.24) is 0 Å². The van der Waals surface area contributed by atoms with E-state index in [4.69, 9.17) is 26.8 Å². The van der Waals surface area contributed by atoms with E-state index < -0.39 is 0 Å². The lowest BCUT2D eigenvalue weighted by Crippen LogP contribution is -2.02. The van der Waals surface area contributed by atoms with Gasteiger partial charge < -0.3 is 15.2 Å². The molecule has 0 saturated carbocycles. The molecule has 1 aromatic rings. The maximum atomic E-state index is 6.34. The zero-order valence-corrected chi connectivity index (χ0v) is 12.1. The van der Waals surface area contributed by atoms with Crippen LogP contribution in [0.25, 0.3) is 0 Å². The molecule has 102 valence electrons. The number of hydrogen-bond acceptors (Lipinski definition) is 3. The van der Waals surface area contributed by atoms with Gasteiger partial charge in [-0.2, -0.15) is 0 Å². The number of benzene rings is 1. The molecule has 2 N–H and O–H groups in total. The summed E-state index contributed by atoms with van der Waals surface area (Å²) >= 11 is 6.34. The van der Waals surface area contributed by atoms with Gasteiger partial charge in [0.25, 0.3) is 0 Å². The van der Waals surface area contributed by atoms with Crippen LogP contribution in [0.3, 0.4) is 0 Å². The van der Waals surface area contributed by atoms with Gasteiger partial charge in [0.1, 0.15) is 16.5 Å². The maximum absolute atomic E-state index is 6.34. The van der Waals surface area contributed by atoms with Gasteiger partial charge >= 0.3 is 0 Å². The number of aryl methyl sites for hydroxylation is 2. The Labute approximate surface area is 114 Å². The molecule has 0 radical (unpaired) electrons. The van der Waals surface area contributed by atoms with Crippen molar-refractivity contribution in [2.24, 2.45) is 5.73 Å². The van der Waals surface area contributed by atoms with Gasteiger partial charge in [0.2, 0.25) is 0 Å². The molecule has 0 amide bonds. The van der Waals surface area contributed by atoms with Gasteiger partial charge in [0, 0.05) is 0 Å².